The largest absolute Gasteiger partial charge is 0.492 e. The van der Waals surface area contributed by atoms with E-state index >= 15 is 0 Å². The molecule has 0 aromatic carbocycles. The van der Waals surface area contributed by atoms with E-state index in [2.05, 4.69) is 4.84 Å². The van der Waals surface area contributed by atoms with Crippen LogP contribution >= 0.6 is 0 Å². The second-order valence-corrected chi connectivity index (χ2v) is 2.76. The van der Waals surface area contributed by atoms with Gasteiger partial charge in [-0.05, 0) is 12.0 Å². The number of nitrogens with zero attached hydrogens (tertiary/aromatic N) is 1. The summed E-state index contributed by atoms with van der Waals surface area (Å²) >= 11 is 0. The summed E-state index contributed by atoms with van der Waals surface area (Å²) in [5.41, 5.74) is 0.306. The number of carbonyl (C=O) groups is 1. The summed E-state index contributed by atoms with van der Waals surface area (Å²) in [4.78, 5) is 14.3. The van der Waals surface area contributed by atoms with Crippen molar-refractivity contribution in [2.75, 3.05) is 13.1 Å². The fourth-order valence-electron chi connectivity index (χ4n) is 0.989. The van der Waals surface area contributed by atoms with Crippen LogP contribution in [0, 0.1) is 0 Å². The zero-order valence-electron chi connectivity index (χ0n) is 6.97. The van der Waals surface area contributed by atoms with Crippen LogP contribution in [-0.2, 0) is 9.63 Å². The third-order valence-corrected chi connectivity index (χ3v) is 1.66. The van der Waals surface area contributed by atoms with Crippen molar-refractivity contribution in [3.05, 3.63) is 11.9 Å². The maximum absolute atomic E-state index is 11.9. The molecule has 1 saturated heterocycles. The lowest BCUT2D eigenvalue weighted by molar-refractivity contribution is -0.234. The van der Waals surface area contributed by atoms with E-state index in [1.807, 2.05) is 0 Å². The molecule has 0 radical (unpaired) electrons. The summed E-state index contributed by atoms with van der Waals surface area (Å²) in [7, 11) is 0. The number of hydrogen-bond acceptors (Lipinski definition) is 3. The Morgan fingerprint density at radius 2 is 2.14 bits per heavy atom. The summed E-state index contributed by atoms with van der Waals surface area (Å²) in [6.45, 7) is -0.0319. The van der Waals surface area contributed by atoms with Gasteiger partial charge in [-0.2, -0.15) is 13.2 Å². The van der Waals surface area contributed by atoms with Gasteiger partial charge in [0.1, 0.15) is 0 Å². The van der Waals surface area contributed by atoms with E-state index in [4.69, 9.17) is 0 Å². The second kappa shape index (κ2) is 3.95. The van der Waals surface area contributed by atoms with E-state index in [1.54, 1.807) is 0 Å². The Bertz CT molecular complexity index is 261. The SMILES string of the molecule is O=C(ON1CC/C(=C/F)C1)C(F)(F)F. The summed E-state index contributed by atoms with van der Waals surface area (Å²) < 4.78 is 47.0. The van der Waals surface area contributed by atoms with Crippen LogP contribution in [0.2, 0.25) is 0 Å². The molecule has 0 aromatic rings. The number of alkyl halides is 3. The highest BCUT2D eigenvalue weighted by atomic mass is 19.4. The van der Waals surface area contributed by atoms with Gasteiger partial charge >= 0.3 is 12.1 Å². The number of halogens is 4. The highest BCUT2D eigenvalue weighted by molar-refractivity contribution is 5.75. The minimum Gasteiger partial charge on any atom is -0.360 e. The maximum Gasteiger partial charge on any atom is 0.492 e. The van der Waals surface area contributed by atoms with Gasteiger partial charge in [-0.15, -0.1) is 5.06 Å². The Labute approximate surface area is 76.9 Å². The van der Waals surface area contributed by atoms with E-state index in [9.17, 15) is 22.4 Å². The lowest BCUT2D eigenvalue weighted by Gasteiger charge is -2.14. The van der Waals surface area contributed by atoms with Gasteiger partial charge in [0.2, 0.25) is 0 Å². The molecule has 1 aliphatic heterocycles. The van der Waals surface area contributed by atoms with Crippen molar-refractivity contribution in [1.29, 1.82) is 0 Å². The molecule has 0 N–H and O–H groups in total. The van der Waals surface area contributed by atoms with Crippen molar-refractivity contribution in [2.45, 2.75) is 12.6 Å². The zero-order chi connectivity index (χ0) is 10.8. The normalized spacial score (nSPS) is 21.6. The van der Waals surface area contributed by atoms with Crippen LogP contribution in [0.3, 0.4) is 0 Å². The van der Waals surface area contributed by atoms with Crippen molar-refractivity contribution in [1.82, 2.24) is 5.06 Å². The van der Waals surface area contributed by atoms with E-state index in [0.717, 1.165) is 5.06 Å². The molecule has 0 aromatic heterocycles. The van der Waals surface area contributed by atoms with Gasteiger partial charge in [-0.25, -0.2) is 9.18 Å². The average molecular weight is 213 g/mol. The van der Waals surface area contributed by atoms with E-state index in [1.165, 1.54) is 0 Å². The molecule has 14 heavy (non-hydrogen) atoms. The van der Waals surface area contributed by atoms with Crippen LogP contribution < -0.4 is 0 Å². The Morgan fingerprint density at radius 1 is 1.50 bits per heavy atom. The predicted octanol–water partition coefficient (Wildman–Crippen LogP) is 1.57. The quantitative estimate of drug-likeness (QED) is 0.619. The molecule has 0 atom stereocenters. The van der Waals surface area contributed by atoms with E-state index in [-0.39, 0.29) is 19.5 Å². The number of carbonyl (C=O) groups excluding carboxylic acids is 1. The lowest BCUT2D eigenvalue weighted by atomic mass is 10.3. The Kier molecular flexibility index (Phi) is 3.10. The topological polar surface area (TPSA) is 29.5 Å². The van der Waals surface area contributed by atoms with Crippen LogP contribution in [0.25, 0.3) is 0 Å². The molecule has 0 bridgehead atoms. The minimum absolute atomic E-state index is 0.0809. The smallest absolute Gasteiger partial charge is 0.360 e. The van der Waals surface area contributed by atoms with Gasteiger partial charge in [-0.1, -0.05) is 0 Å². The van der Waals surface area contributed by atoms with Crippen molar-refractivity contribution in [2.24, 2.45) is 0 Å². The number of hydrogen-bond donors (Lipinski definition) is 0. The van der Waals surface area contributed by atoms with Crippen LogP contribution in [0.1, 0.15) is 6.42 Å². The van der Waals surface area contributed by atoms with Gasteiger partial charge in [0, 0.05) is 6.54 Å². The highest BCUT2D eigenvalue weighted by Gasteiger charge is 2.43. The first-order chi connectivity index (χ1) is 6.43. The second-order valence-electron chi connectivity index (χ2n) is 2.76. The van der Waals surface area contributed by atoms with Crippen molar-refractivity contribution < 1.29 is 27.2 Å². The summed E-state index contributed by atoms with van der Waals surface area (Å²) in [5, 5.41) is 0.779. The fraction of sp³-hybridized carbons (Fsp3) is 0.571. The van der Waals surface area contributed by atoms with Crippen molar-refractivity contribution >= 4 is 5.97 Å². The summed E-state index contributed by atoms with van der Waals surface area (Å²) in [6, 6.07) is 0. The third-order valence-electron chi connectivity index (χ3n) is 1.66. The molecule has 1 fully saturated rings. The Morgan fingerprint density at radius 3 is 2.57 bits per heavy atom. The van der Waals surface area contributed by atoms with Crippen LogP contribution in [0.5, 0.6) is 0 Å². The molecule has 1 aliphatic rings. The molecule has 0 amide bonds. The average Bonchev–Trinajstić information content (AvgIpc) is 2.50. The van der Waals surface area contributed by atoms with Crippen LogP contribution in [-0.4, -0.2) is 30.3 Å². The molecule has 7 heteroatoms. The number of rotatable bonds is 1. The van der Waals surface area contributed by atoms with Gasteiger partial charge < -0.3 is 4.84 Å². The van der Waals surface area contributed by atoms with Crippen LogP contribution in [0.4, 0.5) is 17.6 Å². The number of hydroxylamine groups is 2. The first-order valence-electron chi connectivity index (χ1n) is 3.75. The standard InChI is InChI=1S/C7H7F4NO2/c8-3-5-1-2-12(4-5)14-6(13)7(9,10)11/h3H,1-2,4H2/b5-3-. The van der Waals surface area contributed by atoms with E-state index in [0.29, 0.717) is 11.9 Å². The van der Waals surface area contributed by atoms with Gasteiger partial charge in [0.15, 0.2) is 0 Å². The minimum atomic E-state index is -5.01. The lowest BCUT2D eigenvalue weighted by Crippen LogP contribution is -2.33. The fourth-order valence-corrected chi connectivity index (χ4v) is 0.989. The monoisotopic (exact) mass is 213 g/mol. The maximum atomic E-state index is 11.9. The van der Waals surface area contributed by atoms with Crippen molar-refractivity contribution in [3.8, 4) is 0 Å². The van der Waals surface area contributed by atoms with Crippen molar-refractivity contribution in [3.63, 3.8) is 0 Å². The van der Waals surface area contributed by atoms with Gasteiger partial charge in [0.05, 0.1) is 12.9 Å². The zero-order valence-corrected chi connectivity index (χ0v) is 6.97. The predicted molar refractivity (Wildman–Crippen MR) is 37.5 cm³/mol. The molecule has 0 aliphatic carbocycles. The molecular weight excluding hydrogens is 206 g/mol. The molecule has 0 saturated carbocycles. The Balaban J connectivity index is 2.44. The first kappa shape index (κ1) is 11.0. The molecule has 0 unspecified atom stereocenters. The third kappa shape index (κ3) is 2.69. The van der Waals surface area contributed by atoms with Gasteiger partial charge in [0.25, 0.3) is 0 Å². The molecule has 1 heterocycles. The van der Waals surface area contributed by atoms with E-state index < -0.39 is 12.1 Å². The molecule has 3 nitrogen and oxygen atoms in total. The summed E-state index contributed by atoms with van der Waals surface area (Å²) in [6.07, 6.45) is -4.44. The van der Waals surface area contributed by atoms with Gasteiger partial charge in [-0.3, -0.25) is 0 Å². The highest BCUT2D eigenvalue weighted by Crippen LogP contribution is 2.21. The molecular formula is C7H7F4NO2. The van der Waals surface area contributed by atoms with Crippen LogP contribution in [0.15, 0.2) is 11.9 Å². The Hall–Kier alpha value is -1.11. The molecule has 1 rings (SSSR count). The molecule has 80 valence electrons. The first-order valence-corrected chi connectivity index (χ1v) is 3.75. The summed E-state index contributed by atoms with van der Waals surface area (Å²) in [5.74, 6) is -2.28. The molecule has 0 spiro atoms.